The molecular weight excluding hydrogens is 364 g/mol. The van der Waals surface area contributed by atoms with Gasteiger partial charge in [-0.15, -0.1) is 5.10 Å². The highest BCUT2D eigenvalue weighted by Crippen LogP contribution is 2.22. The van der Waals surface area contributed by atoms with Crippen LogP contribution in [0.1, 0.15) is 35.1 Å². The number of rotatable bonds is 3. The number of piperazine rings is 1. The Morgan fingerprint density at radius 2 is 1.78 bits per heavy atom. The molecule has 4 rings (SSSR count). The Bertz CT molecular complexity index is 791. The van der Waals surface area contributed by atoms with Crippen LogP contribution in [0.5, 0.6) is 0 Å². The molecule has 0 atom stereocenters. The van der Waals surface area contributed by atoms with E-state index in [1.165, 1.54) is 0 Å². The Morgan fingerprint density at radius 3 is 2.44 bits per heavy atom. The van der Waals surface area contributed by atoms with E-state index in [1.54, 1.807) is 0 Å². The monoisotopic (exact) mass is 388 g/mol. The normalized spacial score (nSPS) is 18.7. The number of halogens is 1. The van der Waals surface area contributed by atoms with E-state index >= 15 is 0 Å². The number of amides is 1. The van der Waals surface area contributed by atoms with Crippen molar-refractivity contribution in [3.63, 3.8) is 0 Å². The first kappa shape index (κ1) is 18.3. The van der Waals surface area contributed by atoms with Crippen molar-refractivity contribution in [2.45, 2.75) is 25.8 Å². The van der Waals surface area contributed by atoms with Gasteiger partial charge in [-0.05, 0) is 57.1 Å². The molecule has 1 amide bonds. The lowest BCUT2D eigenvalue weighted by molar-refractivity contribution is 0.0740. The van der Waals surface area contributed by atoms with Crippen LogP contribution in [0.15, 0.2) is 24.3 Å². The Labute approximate surface area is 164 Å². The average molecular weight is 389 g/mol. The minimum atomic E-state index is -0.0107. The van der Waals surface area contributed by atoms with Crippen LogP contribution in [0.3, 0.4) is 0 Å². The van der Waals surface area contributed by atoms with E-state index < -0.39 is 0 Å². The molecule has 7 nitrogen and oxygen atoms in total. The van der Waals surface area contributed by atoms with Gasteiger partial charge in [-0.2, -0.15) is 0 Å². The lowest BCUT2D eigenvalue weighted by atomic mass is 10.1. The molecule has 144 valence electrons. The van der Waals surface area contributed by atoms with Crippen LogP contribution >= 0.6 is 11.6 Å². The fraction of sp³-hybridized carbons (Fsp3) is 0.526. The highest BCUT2D eigenvalue weighted by molar-refractivity contribution is 6.30. The Kier molecular flexibility index (Phi) is 5.31. The van der Waals surface area contributed by atoms with Crippen molar-refractivity contribution in [2.75, 3.05) is 44.2 Å². The molecule has 2 fully saturated rings. The third-order valence-corrected chi connectivity index (χ3v) is 5.80. The van der Waals surface area contributed by atoms with Crippen LogP contribution in [0.4, 0.5) is 5.69 Å². The smallest absolute Gasteiger partial charge is 0.276 e. The van der Waals surface area contributed by atoms with Crippen molar-refractivity contribution in [3.8, 4) is 0 Å². The molecule has 3 heterocycles. The molecule has 27 heavy (non-hydrogen) atoms. The standard InChI is InChI=1S/C19H25ClN6O/c1-14-18(22-23-26(14)17-6-8-21-9-7-17)19(27)25-12-10-24(11-13-25)16-4-2-15(20)3-5-16/h2-5,17,21H,6-13H2,1H3. The van der Waals surface area contributed by atoms with Gasteiger partial charge in [0.25, 0.3) is 5.91 Å². The van der Waals surface area contributed by atoms with Crippen molar-refractivity contribution in [3.05, 3.63) is 40.7 Å². The Morgan fingerprint density at radius 1 is 1.11 bits per heavy atom. The summed E-state index contributed by atoms with van der Waals surface area (Å²) in [5.74, 6) is -0.0107. The first-order valence-electron chi connectivity index (χ1n) is 9.56. The summed E-state index contributed by atoms with van der Waals surface area (Å²) in [7, 11) is 0. The maximum Gasteiger partial charge on any atom is 0.276 e. The van der Waals surface area contributed by atoms with Crippen molar-refractivity contribution >= 4 is 23.2 Å². The number of hydrogen-bond acceptors (Lipinski definition) is 5. The van der Waals surface area contributed by atoms with Crippen LogP contribution in [-0.2, 0) is 0 Å². The first-order valence-corrected chi connectivity index (χ1v) is 9.93. The van der Waals surface area contributed by atoms with Gasteiger partial charge in [0, 0.05) is 36.9 Å². The number of benzene rings is 1. The molecule has 1 aromatic carbocycles. The molecule has 1 aromatic heterocycles. The first-order chi connectivity index (χ1) is 13.1. The second kappa shape index (κ2) is 7.86. The quantitative estimate of drug-likeness (QED) is 0.872. The van der Waals surface area contributed by atoms with E-state index in [-0.39, 0.29) is 5.91 Å². The zero-order valence-electron chi connectivity index (χ0n) is 15.6. The van der Waals surface area contributed by atoms with Gasteiger partial charge in [-0.3, -0.25) is 4.79 Å². The molecule has 2 aliphatic heterocycles. The topological polar surface area (TPSA) is 66.3 Å². The molecular formula is C19H25ClN6O. The number of nitrogens with zero attached hydrogens (tertiary/aromatic N) is 5. The van der Waals surface area contributed by atoms with Crippen LogP contribution in [-0.4, -0.2) is 65.1 Å². The van der Waals surface area contributed by atoms with Crippen molar-refractivity contribution < 1.29 is 4.79 Å². The summed E-state index contributed by atoms with van der Waals surface area (Å²) in [6.45, 7) is 6.89. The van der Waals surface area contributed by atoms with Gasteiger partial charge in [0.2, 0.25) is 0 Å². The van der Waals surface area contributed by atoms with Gasteiger partial charge in [0.05, 0.1) is 11.7 Å². The number of nitrogens with one attached hydrogen (secondary N) is 1. The molecule has 1 N–H and O–H groups in total. The molecule has 2 aliphatic rings. The van der Waals surface area contributed by atoms with Crippen LogP contribution < -0.4 is 10.2 Å². The van der Waals surface area contributed by atoms with E-state index in [1.807, 2.05) is 40.8 Å². The number of carbonyl (C=O) groups is 1. The van der Waals surface area contributed by atoms with Crippen LogP contribution in [0.25, 0.3) is 0 Å². The molecule has 8 heteroatoms. The van der Waals surface area contributed by atoms with Crippen molar-refractivity contribution in [1.29, 1.82) is 0 Å². The largest absolute Gasteiger partial charge is 0.368 e. The number of carbonyl (C=O) groups excluding carboxylic acids is 1. The van der Waals surface area contributed by atoms with Crippen LogP contribution in [0, 0.1) is 6.92 Å². The molecule has 2 saturated heterocycles. The molecule has 0 spiro atoms. The summed E-state index contributed by atoms with van der Waals surface area (Å²) in [5, 5.41) is 12.6. The maximum atomic E-state index is 13.0. The fourth-order valence-electron chi connectivity index (χ4n) is 3.91. The third kappa shape index (κ3) is 3.80. The highest BCUT2D eigenvalue weighted by Gasteiger charge is 2.28. The number of hydrogen-bond donors (Lipinski definition) is 1. The SMILES string of the molecule is Cc1c(C(=O)N2CCN(c3ccc(Cl)cc3)CC2)nnn1C1CCNCC1. The molecule has 0 unspecified atom stereocenters. The van der Waals surface area contributed by atoms with E-state index in [4.69, 9.17) is 11.6 Å². The number of anilines is 1. The number of aromatic nitrogens is 3. The second-order valence-electron chi connectivity index (χ2n) is 7.20. The van der Waals surface area contributed by atoms with Gasteiger partial charge < -0.3 is 15.1 Å². The predicted molar refractivity (Wildman–Crippen MR) is 105 cm³/mol. The van der Waals surface area contributed by atoms with Crippen molar-refractivity contribution in [1.82, 2.24) is 25.2 Å². The van der Waals surface area contributed by atoms with E-state index in [0.717, 1.165) is 55.4 Å². The molecule has 0 bridgehead atoms. The third-order valence-electron chi connectivity index (χ3n) is 5.54. The molecule has 0 aliphatic carbocycles. The number of piperidine rings is 1. The summed E-state index contributed by atoms with van der Waals surface area (Å²) in [5.41, 5.74) is 2.51. The van der Waals surface area contributed by atoms with Gasteiger partial charge in [-0.1, -0.05) is 16.8 Å². The van der Waals surface area contributed by atoms with E-state index in [2.05, 4.69) is 20.5 Å². The summed E-state index contributed by atoms with van der Waals surface area (Å²) < 4.78 is 1.94. The lowest BCUT2D eigenvalue weighted by Gasteiger charge is -2.35. The van der Waals surface area contributed by atoms with E-state index in [0.29, 0.717) is 24.8 Å². The fourth-order valence-corrected chi connectivity index (χ4v) is 4.03. The maximum absolute atomic E-state index is 13.0. The molecule has 2 aromatic rings. The van der Waals surface area contributed by atoms with Crippen LogP contribution in [0.2, 0.25) is 5.02 Å². The lowest BCUT2D eigenvalue weighted by Crippen LogP contribution is -2.49. The minimum Gasteiger partial charge on any atom is -0.368 e. The predicted octanol–water partition coefficient (Wildman–Crippen LogP) is 2.13. The molecule has 0 saturated carbocycles. The summed E-state index contributed by atoms with van der Waals surface area (Å²) >= 11 is 5.97. The minimum absolute atomic E-state index is 0.0107. The Balaban J connectivity index is 1.41. The zero-order valence-corrected chi connectivity index (χ0v) is 16.3. The van der Waals surface area contributed by atoms with Gasteiger partial charge in [-0.25, -0.2) is 4.68 Å². The highest BCUT2D eigenvalue weighted by atomic mass is 35.5. The van der Waals surface area contributed by atoms with E-state index in [9.17, 15) is 4.79 Å². The van der Waals surface area contributed by atoms with Gasteiger partial charge in [0.15, 0.2) is 5.69 Å². The zero-order chi connectivity index (χ0) is 18.8. The van der Waals surface area contributed by atoms with Gasteiger partial charge in [0.1, 0.15) is 0 Å². The van der Waals surface area contributed by atoms with Crippen molar-refractivity contribution in [2.24, 2.45) is 0 Å². The molecule has 0 radical (unpaired) electrons. The summed E-state index contributed by atoms with van der Waals surface area (Å²) in [6, 6.07) is 8.18. The second-order valence-corrected chi connectivity index (χ2v) is 7.64. The average Bonchev–Trinajstić information content (AvgIpc) is 3.10. The van der Waals surface area contributed by atoms with Gasteiger partial charge >= 0.3 is 0 Å². The Hall–Kier alpha value is -2.12. The summed E-state index contributed by atoms with van der Waals surface area (Å²) in [4.78, 5) is 17.1. The summed E-state index contributed by atoms with van der Waals surface area (Å²) in [6.07, 6.45) is 2.05.